The van der Waals surface area contributed by atoms with Crippen LogP contribution in [0.4, 0.5) is 0 Å². The summed E-state index contributed by atoms with van der Waals surface area (Å²) in [4.78, 5) is 9.87. The van der Waals surface area contributed by atoms with Gasteiger partial charge >= 0.3 is 0 Å². The number of carbonyl (C=O) groups excluding carboxylic acids is 1. The van der Waals surface area contributed by atoms with E-state index in [0.29, 0.717) is 0 Å². The van der Waals surface area contributed by atoms with Crippen molar-refractivity contribution in [3.8, 4) is 0 Å². The van der Waals surface area contributed by atoms with Crippen molar-refractivity contribution >= 4 is 6.41 Å². The van der Waals surface area contributed by atoms with Gasteiger partial charge in [-0.3, -0.25) is 4.79 Å². The van der Waals surface area contributed by atoms with Crippen LogP contribution in [0.3, 0.4) is 0 Å². The second kappa shape index (κ2) is 2.70. The first-order valence-electron chi connectivity index (χ1n) is 2.84. The van der Waals surface area contributed by atoms with E-state index in [1.54, 1.807) is 0 Å². The monoisotopic (exact) mass is 115 g/mol. The highest BCUT2D eigenvalue weighted by Crippen LogP contribution is 2.04. The minimum absolute atomic E-state index is 0.0260. The highest BCUT2D eigenvalue weighted by Gasteiger charge is 2.10. The molecule has 0 aromatic heterocycles. The topological polar surface area (TPSA) is 29.1 Å². The van der Waals surface area contributed by atoms with Gasteiger partial charge in [-0.2, -0.15) is 0 Å². The fourth-order valence-corrected chi connectivity index (χ4v) is 0.262. The SMILES string of the molecule is CCC(C)(C)NC=O. The Morgan fingerprint density at radius 2 is 2.12 bits per heavy atom. The molecular formula is C6H13NO. The van der Waals surface area contributed by atoms with Crippen molar-refractivity contribution in [2.24, 2.45) is 0 Å². The summed E-state index contributed by atoms with van der Waals surface area (Å²) in [6.45, 7) is 6.01. The lowest BCUT2D eigenvalue weighted by Gasteiger charge is -2.20. The molecule has 0 aromatic rings. The second-order valence-electron chi connectivity index (χ2n) is 2.50. The van der Waals surface area contributed by atoms with Crippen LogP contribution < -0.4 is 5.32 Å². The molecule has 0 bridgehead atoms. The van der Waals surface area contributed by atoms with Crippen molar-refractivity contribution in [2.45, 2.75) is 32.7 Å². The zero-order valence-corrected chi connectivity index (χ0v) is 5.69. The number of carbonyl (C=O) groups is 1. The Morgan fingerprint density at radius 1 is 1.62 bits per heavy atom. The van der Waals surface area contributed by atoms with Gasteiger partial charge in [0.05, 0.1) is 0 Å². The maximum atomic E-state index is 9.87. The maximum Gasteiger partial charge on any atom is 0.207 e. The first kappa shape index (κ1) is 7.47. The predicted octanol–water partition coefficient (Wildman–Crippen LogP) is 0.921. The third-order valence-corrected chi connectivity index (χ3v) is 1.33. The average Bonchev–Trinajstić information content (AvgIpc) is 1.67. The number of rotatable bonds is 3. The Hall–Kier alpha value is -0.530. The molecule has 0 atom stereocenters. The molecule has 0 saturated carbocycles. The van der Waals surface area contributed by atoms with Gasteiger partial charge in [-0.1, -0.05) is 6.92 Å². The second-order valence-corrected chi connectivity index (χ2v) is 2.50. The summed E-state index contributed by atoms with van der Waals surface area (Å²) in [5, 5.41) is 2.69. The van der Waals surface area contributed by atoms with E-state index in [4.69, 9.17) is 0 Å². The van der Waals surface area contributed by atoms with Crippen LogP contribution >= 0.6 is 0 Å². The van der Waals surface area contributed by atoms with Crippen LogP contribution in [-0.4, -0.2) is 11.9 Å². The standard InChI is InChI=1S/C6H13NO/c1-4-6(2,3)7-5-8/h5H,4H2,1-3H3,(H,7,8). The van der Waals surface area contributed by atoms with Gasteiger partial charge in [0, 0.05) is 5.54 Å². The molecule has 0 spiro atoms. The normalized spacial score (nSPS) is 10.9. The van der Waals surface area contributed by atoms with Crippen molar-refractivity contribution in [3.63, 3.8) is 0 Å². The zero-order valence-electron chi connectivity index (χ0n) is 5.69. The summed E-state index contributed by atoms with van der Waals surface area (Å²) in [5.74, 6) is 0. The molecule has 0 heterocycles. The fourth-order valence-electron chi connectivity index (χ4n) is 0.262. The lowest BCUT2D eigenvalue weighted by atomic mass is 10.0. The third kappa shape index (κ3) is 2.61. The van der Waals surface area contributed by atoms with Crippen LogP contribution in [-0.2, 0) is 4.79 Å². The number of hydrogen-bond donors (Lipinski definition) is 1. The molecule has 0 aliphatic carbocycles. The van der Waals surface area contributed by atoms with E-state index in [9.17, 15) is 4.79 Å². The Morgan fingerprint density at radius 3 is 2.25 bits per heavy atom. The van der Waals surface area contributed by atoms with Gasteiger partial charge in [-0.25, -0.2) is 0 Å². The number of amides is 1. The Labute approximate surface area is 50.3 Å². The summed E-state index contributed by atoms with van der Waals surface area (Å²) < 4.78 is 0. The molecule has 1 N–H and O–H groups in total. The zero-order chi connectivity index (χ0) is 6.62. The predicted molar refractivity (Wildman–Crippen MR) is 33.6 cm³/mol. The summed E-state index contributed by atoms with van der Waals surface area (Å²) in [6, 6.07) is 0. The van der Waals surface area contributed by atoms with Crippen molar-refractivity contribution < 1.29 is 4.79 Å². The first-order chi connectivity index (χ1) is 3.62. The van der Waals surface area contributed by atoms with Crippen molar-refractivity contribution in [1.82, 2.24) is 5.32 Å². The summed E-state index contributed by atoms with van der Waals surface area (Å²) in [6.07, 6.45) is 1.70. The summed E-state index contributed by atoms with van der Waals surface area (Å²) in [5.41, 5.74) is -0.0260. The summed E-state index contributed by atoms with van der Waals surface area (Å²) >= 11 is 0. The maximum absolute atomic E-state index is 9.87. The fraction of sp³-hybridized carbons (Fsp3) is 0.833. The van der Waals surface area contributed by atoms with E-state index in [1.807, 2.05) is 20.8 Å². The first-order valence-corrected chi connectivity index (χ1v) is 2.84. The highest BCUT2D eigenvalue weighted by atomic mass is 16.1. The molecule has 0 aliphatic heterocycles. The lowest BCUT2D eigenvalue weighted by Crippen LogP contribution is -2.37. The van der Waals surface area contributed by atoms with Gasteiger partial charge in [-0.05, 0) is 20.3 Å². The van der Waals surface area contributed by atoms with E-state index in [1.165, 1.54) is 0 Å². The minimum Gasteiger partial charge on any atom is -0.354 e. The van der Waals surface area contributed by atoms with Gasteiger partial charge in [0.15, 0.2) is 0 Å². The molecule has 8 heavy (non-hydrogen) atoms. The highest BCUT2D eigenvalue weighted by molar-refractivity contribution is 5.47. The molecule has 1 amide bonds. The number of hydrogen-bond acceptors (Lipinski definition) is 1. The van der Waals surface area contributed by atoms with Crippen LogP contribution in [0, 0.1) is 0 Å². The quantitative estimate of drug-likeness (QED) is 0.544. The molecule has 0 rings (SSSR count). The van der Waals surface area contributed by atoms with Crippen LogP contribution in [0.2, 0.25) is 0 Å². The van der Waals surface area contributed by atoms with Crippen LogP contribution in [0.1, 0.15) is 27.2 Å². The van der Waals surface area contributed by atoms with Gasteiger partial charge < -0.3 is 5.32 Å². The van der Waals surface area contributed by atoms with E-state index in [0.717, 1.165) is 12.8 Å². The third-order valence-electron chi connectivity index (χ3n) is 1.33. The van der Waals surface area contributed by atoms with Gasteiger partial charge in [0.1, 0.15) is 0 Å². The molecule has 2 heteroatoms. The van der Waals surface area contributed by atoms with Crippen LogP contribution in [0.5, 0.6) is 0 Å². The van der Waals surface area contributed by atoms with Gasteiger partial charge in [-0.15, -0.1) is 0 Å². The Kier molecular flexibility index (Phi) is 2.52. The van der Waals surface area contributed by atoms with E-state index >= 15 is 0 Å². The largest absolute Gasteiger partial charge is 0.354 e. The molecule has 0 saturated heterocycles. The lowest BCUT2D eigenvalue weighted by molar-refractivity contribution is -0.110. The molecular weight excluding hydrogens is 102 g/mol. The van der Waals surface area contributed by atoms with E-state index in [-0.39, 0.29) is 5.54 Å². The van der Waals surface area contributed by atoms with Crippen molar-refractivity contribution in [3.05, 3.63) is 0 Å². The van der Waals surface area contributed by atoms with Gasteiger partial charge in [0.25, 0.3) is 0 Å². The smallest absolute Gasteiger partial charge is 0.207 e. The van der Waals surface area contributed by atoms with E-state index in [2.05, 4.69) is 5.32 Å². The molecule has 2 nitrogen and oxygen atoms in total. The van der Waals surface area contributed by atoms with Crippen LogP contribution in [0.15, 0.2) is 0 Å². The van der Waals surface area contributed by atoms with Crippen molar-refractivity contribution in [2.75, 3.05) is 0 Å². The Bertz CT molecular complexity index is 78.6. The van der Waals surface area contributed by atoms with E-state index < -0.39 is 0 Å². The van der Waals surface area contributed by atoms with Crippen molar-refractivity contribution in [1.29, 1.82) is 0 Å². The molecule has 0 aromatic carbocycles. The summed E-state index contributed by atoms with van der Waals surface area (Å²) in [7, 11) is 0. The average molecular weight is 115 g/mol. The Balaban J connectivity index is 3.53. The molecule has 0 radical (unpaired) electrons. The molecule has 48 valence electrons. The minimum atomic E-state index is -0.0260. The molecule has 0 unspecified atom stereocenters. The number of nitrogens with one attached hydrogen (secondary N) is 1. The molecule has 0 fully saturated rings. The molecule has 0 aliphatic rings. The van der Waals surface area contributed by atoms with Gasteiger partial charge in [0.2, 0.25) is 6.41 Å². The van der Waals surface area contributed by atoms with Crippen LogP contribution in [0.25, 0.3) is 0 Å².